The Morgan fingerprint density at radius 3 is 2.56 bits per heavy atom. The number of anilines is 1. The molecule has 2 saturated heterocycles. The van der Waals surface area contributed by atoms with Gasteiger partial charge >= 0.3 is 5.69 Å². The second-order valence-electron chi connectivity index (χ2n) is 14.3. The minimum atomic E-state index is -0.535. The second kappa shape index (κ2) is 14.3. The van der Waals surface area contributed by atoms with Crippen LogP contribution in [-0.4, -0.2) is 128 Å². The number of carbonyl (C=O) groups excluding carboxylic acids is 1. The molecule has 13 heteroatoms. The van der Waals surface area contributed by atoms with Crippen molar-refractivity contribution in [2.75, 3.05) is 84.8 Å². The van der Waals surface area contributed by atoms with Crippen LogP contribution in [0.15, 0.2) is 35.1 Å². The minimum absolute atomic E-state index is 0.000108. The first-order valence-electron chi connectivity index (χ1n) is 17.0. The number of hydrogen-bond donors (Lipinski definition) is 1. The molecule has 0 bridgehead atoms. The number of rotatable bonds is 11. The van der Waals surface area contributed by atoms with Crippen LogP contribution in [0.4, 0.5) is 10.1 Å². The van der Waals surface area contributed by atoms with Gasteiger partial charge in [-0.25, -0.2) is 18.3 Å². The molecule has 1 N–H and O–H groups in total. The summed E-state index contributed by atoms with van der Waals surface area (Å²) in [5.41, 5.74) is 2.79. The molecule has 0 unspecified atom stereocenters. The highest BCUT2D eigenvalue weighted by Gasteiger charge is 2.43. The summed E-state index contributed by atoms with van der Waals surface area (Å²) in [6.45, 7) is 14.4. The Labute approximate surface area is 281 Å². The molecule has 3 aromatic rings. The van der Waals surface area contributed by atoms with E-state index in [9.17, 15) is 14.0 Å². The highest BCUT2D eigenvalue weighted by molar-refractivity contribution is 5.98. The van der Waals surface area contributed by atoms with E-state index >= 15 is 0 Å². The first kappa shape index (κ1) is 34.7. The Morgan fingerprint density at radius 1 is 1.15 bits per heavy atom. The number of carbonyl (C=O) groups is 1. The monoisotopic (exact) mass is 667 g/mol. The Hall–Kier alpha value is -3.20. The van der Waals surface area contributed by atoms with Gasteiger partial charge in [0.2, 0.25) is 5.91 Å². The average molecular weight is 668 g/mol. The van der Waals surface area contributed by atoms with E-state index < -0.39 is 11.5 Å². The van der Waals surface area contributed by atoms with E-state index in [1.54, 1.807) is 30.8 Å². The van der Waals surface area contributed by atoms with Gasteiger partial charge in [0.15, 0.2) is 5.65 Å². The van der Waals surface area contributed by atoms with Crippen LogP contribution in [0.1, 0.15) is 50.6 Å². The number of amides is 1. The van der Waals surface area contributed by atoms with E-state index in [1.807, 2.05) is 11.0 Å². The molecule has 2 aromatic heterocycles. The molecule has 0 saturated carbocycles. The maximum Gasteiger partial charge on any atom is 0.351 e. The number of nitrogens with zero attached hydrogens (tertiary/aromatic N) is 6. The number of aromatic nitrogens is 3. The summed E-state index contributed by atoms with van der Waals surface area (Å²) in [6.07, 6.45) is 0.407. The van der Waals surface area contributed by atoms with Gasteiger partial charge in [-0.3, -0.25) is 14.6 Å². The van der Waals surface area contributed by atoms with Crippen LogP contribution in [0, 0.1) is 5.82 Å². The third-order valence-corrected chi connectivity index (χ3v) is 10.0. The molecule has 12 nitrogen and oxygen atoms in total. The van der Waals surface area contributed by atoms with Crippen LogP contribution in [0.25, 0.3) is 5.65 Å². The van der Waals surface area contributed by atoms with E-state index in [0.717, 1.165) is 56.2 Å². The SMILES string of the molecule is COCC(COC)n1nc2c(Cc3ccc(F)cc3)cc3c(n2c1=O)C(C)(C)CN3C(=O)CN1C[C@@H](C)NC[C@@H]1CN1CCOC[C@H]1C. The van der Waals surface area contributed by atoms with Crippen molar-refractivity contribution in [2.45, 2.75) is 63.7 Å². The first-order valence-corrected chi connectivity index (χ1v) is 17.0. The number of hydrogen-bond acceptors (Lipinski definition) is 9. The van der Waals surface area contributed by atoms with E-state index in [2.05, 4.69) is 42.8 Å². The number of piperazine rings is 1. The van der Waals surface area contributed by atoms with E-state index in [1.165, 1.54) is 16.8 Å². The van der Waals surface area contributed by atoms with Gasteiger partial charge in [0.05, 0.1) is 44.4 Å². The number of morpholine rings is 1. The lowest BCUT2D eigenvalue weighted by molar-refractivity contribution is -0.121. The highest BCUT2D eigenvalue weighted by atomic mass is 19.1. The summed E-state index contributed by atoms with van der Waals surface area (Å²) < 4.78 is 33.5. The van der Waals surface area contributed by atoms with E-state index in [-0.39, 0.29) is 49.3 Å². The number of nitrogens with one attached hydrogen (secondary N) is 1. The van der Waals surface area contributed by atoms with Crippen molar-refractivity contribution < 1.29 is 23.4 Å². The van der Waals surface area contributed by atoms with Crippen molar-refractivity contribution in [1.29, 1.82) is 0 Å². The van der Waals surface area contributed by atoms with E-state index in [4.69, 9.17) is 19.3 Å². The van der Waals surface area contributed by atoms with Gasteiger partial charge in [-0.15, -0.1) is 5.10 Å². The van der Waals surface area contributed by atoms with Crippen LogP contribution in [0.3, 0.4) is 0 Å². The summed E-state index contributed by atoms with van der Waals surface area (Å²) in [7, 11) is 3.16. The smallest absolute Gasteiger partial charge is 0.351 e. The number of ether oxygens (including phenoxy) is 3. The maximum absolute atomic E-state index is 14.4. The van der Waals surface area contributed by atoms with Crippen LogP contribution < -0.4 is 15.9 Å². The summed E-state index contributed by atoms with van der Waals surface area (Å²) >= 11 is 0. The van der Waals surface area contributed by atoms with Gasteiger partial charge in [0, 0.05) is 82.5 Å². The van der Waals surface area contributed by atoms with Gasteiger partial charge < -0.3 is 24.4 Å². The van der Waals surface area contributed by atoms with E-state index in [0.29, 0.717) is 30.3 Å². The molecule has 1 aromatic carbocycles. The highest BCUT2D eigenvalue weighted by Crippen LogP contribution is 2.42. The minimum Gasteiger partial charge on any atom is -0.382 e. The quantitative estimate of drug-likeness (QED) is 0.329. The van der Waals surface area contributed by atoms with Crippen molar-refractivity contribution in [2.24, 2.45) is 0 Å². The van der Waals surface area contributed by atoms with Crippen molar-refractivity contribution in [3.63, 3.8) is 0 Å². The Bertz CT molecular complexity index is 1650. The van der Waals surface area contributed by atoms with Crippen molar-refractivity contribution in [3.8, 4) is 0 Å². The largest absolute Gasteiger partial charge is 0.382 e. The molecule has 262 valence electrons. The predicted molar refractivity (Wildman–Crippen MR) is 182 cm³/mol. The van der Waals surface area contributed by atoms with Crippen LogP contribution >= 0.6 is 0 Å². The Morgan fingerprint density at radius 2 is 1.88 bits per heavy atom. The molecule has 0 radical (unpaired) electrons. The van der Waals surface area contributed by atoms with Crippen molar-refractivity contribution in [3.05, 3.63) is 63.5 Å². The molecule has 5 heterocycles. The zero-order chi connectivity index (χ0) is 34.2. The molecule has 0 aliphatic carbocycles. The zero-order valence-corrected chi connectivity index (χ0v) is 29.1. The summed E-state index contributed by atoms with van der Waals surface area (Å²) in [6, 6.07) is 8.67. The molecule has 2 fully saturated rings. The molecule has 48 heavy (non-hydrogen) atoms. The van der Waals surface area contributed by atoms with Crippen LogP contribution in [-0.2, 0) is 30.8 Å². The number of methoxy groups -OCH3 is 2. The van der Waals surface area contributed by atoms with Gasteiger partial charge in [-0.2, -0.15) is 0 Å². The maximum atomic E-state index is 14.4. The number of pyridine rings is 1. The standard InChI is InChI=1S/C35H50FN7O5/c1-23-16-40(28(15-37-23)17-39-11-12-48-19-24(39)2)18-31(44)41-22-35(3,4)32-30(41)14-26(13-25-7-9-27(36)10-8-25)33-38-43(34(45)42(32)33)29(20-46-5)21-47-6/h7-10,14,23-24,28-29,37H,11-13,15-22H2,1-6H3/t23-,24-,28-/m1/s1. The molecule has 3 aliphatic heterocycles. The third-order valence-electron chi connectivity index (χ3n) is 10.0. The predicted octanol–water partition coefficient (Wildman–Crippen LogP) is 2.07. The summed E-state index contributed by atoms with van der Waals surface area (Å²) in [5, 5.41) is 8.47. The summed E-state index contributed by atoms with van der Waals surface area (Å²) in [5.74, 6) is -0.317. The topological polar surface area (TPSA) is 106 Å². The normalized spacial score (nSPS) is 23.3. The lowest BCUT2D eigenvalue weighted by Gasteiger charge is -2.43. The second-order valence-corrected chi connectivity index (χ2v) is 14.3. The first-order chi connectivity index (χ1) is 23.0. The van der Waals surface area contributed by atoms with Crippen molar-refractivity contribution in [1.82, 2.24) is 29.3 Å². The average Bonchev–Trinajstić information content (AvgIpc) is 3.53. The molecule has 3 aliphatic rings. The van der Waals surface area contributed by atoms with Gasteiger partial charge in [0.1, 0.15) is 11.9 Å². The molecular formula is C35H50FN7O5. The van der Waals surface area contributed by atoms with Gasteiger partial charge in [0.25, 0.3) is 0 Å². The fourth-order valence-electron chi connectivity index (χ4n) is 7.57. The summed E-state index contributed by atoms with van der Waals surface area (Å²) in [4.78, 5) is 35.3. The number of benzene rings is 1. The molecule has 1 amide bonds. The van der Waals surface area contributed by atoms with Gasteiger partial charge in [-0.05, 0) is 37.6 Å². The fourth-order valence-corrected chi connectivity index (χ4v) is 7.57. The molecule has 6 rings (SSSR count). The Balaban J connectivity index is 1.39. The zero-order valence-electron chi connectivity index (χ0n) is 29.1. The van der Waals surface area contributed by atoms with Gasteiger partial charge in [-0.1, -0.05) is 26.0 Å². The Kier molecular flexibility index (Phi) is 10.4. The van der Waals surface area contributed by atoms with Crippen LogP contribution in [0.5, 0.6) is 0 Å². The van der Waals surface area contributed by atoms with Crippen LogP contribution in [0.2, 0.25) is 0 Å². The molecular weight excluding hydrogens is 617 g/mol. The van der Waals surface area contributed by atoms with Crippen molar-refractivity contribution >= 4 is 17.2 Å². The lowest BCUT2D eigenvalue weighted by Crippen LogP contribution is -2.62. The lowest BCUT2D eigenvalue weighted by atomic mass is 9.90. The number of fused-ring (bicyclic) bond motifs is 3. The number of halogens is 1. The molecule has 0 spiro atoms. The fraction of sp³-hybridized carbons (Fsp3) is 0.629. The molecule has 3 atom stereocenters. The third kappa shape index (κ3) is 6.94.